The first-order valence-corrected chi connectivity index (χ1v) is 14.7. The minimum Gasteiger partial charge on any atom is -0.462 e. The highest BCUT2D eigenvalue weighted by atomic mass is 35.5. The van der Waals surface area contributed by atoms with Gasteiger partial charge in [0.2, 0.25) is 0 Å². The molecule has 3 fully saturated rings. The molecule has 4 atom stereocenters. The topological polar surface area (TPSA) is 61.8 Å². The number of benzene rings is 3. The largest absolute Gasteiger partial charge is 0.462 e. The Morgan fingerprint density at radius 3 is 2.63 bits per heavy atom. The van der Waals surface area contributed by atoms with Gasteiger partial charge in [0.25, 0.3) is 5.91 Å². The average molecular weight is 608 g/mol. The molecular weight excluding hydrogens is 579 g/mol. The Kier molecular flexibility index (Phi) is 6.93. The molecule has 7 rings (SSSR count). The van der Waals surface area contributed by atoms with Crippen molar-refractivity contribution in [2.75, 3.05) is 38.2 Å². The summed E-state index contributed by atoms with van der Waals surface area (Å²) in [5.74, 6) is -1.77. The molecular formula is C32H29ClF3N5O2. The zero-order valence-corrected chi connectivity index (χ0v) is 24.2. The van der Waals surface area contributed by atoms with Crippen molar-refractivity contribution >= 4 is 45.0 Å². The minimum atomic E-state index is -0.988. The highest BCUT2D eigenvalue weighted by Crippen LogP contribution is 2.42. The van der Waals surface area contributed by atoms with Crippen molar-refractivity contribution in [3.63, 3.8) is 0 Å². The van der Waals surface area contributed by atoms with Gasteiger partial charge in [0.1, 0.15) is 24.1 Å². The van der Waals surface area contributed by atoms with Crippen LogP contribution in [0.15, 0.2) is 60.9 Å². The number of carbonyl (C=O) groups excluding carboxylic acids is 1. The number of hydrogen-bond donors (Lipinski definition) is 0. The lowest BCUT2D eigenvalue weighted by atomic mass is 9.94. The molecule has 0 aliphatic carbocycles. The summed E-state index contributed by atoms with van der Waals surface area (Å²) in [7, 11) is 1.83. The molecule has 0 radical (unpaired) electrons. The molecule has 1 unspecified atom stereocenters. The fourth-order valence-electron chi connectivity index (χ4n) is 6.79. The number of likely N-dealkylation sites (N-methyl/N-ethyl adjacent to an activating group) is 1. The minimum absolute atomic E-state index is 0.0169. The van der Waals surface area contributed by atoms with Crippen molar-refractivity contribution < 1.29 is 22.7 Å². The summed E-state index contributed by atoms with van der Waals surface area (Å²) in [6, 6.07) is 14.1. The standard InChI is InChI=1S/C32H29ClF3N5O2/c1-17(34)31(42)40-12-11-25-26(40)15-41(25)30-23-10-9-22(21-7-3-5-18-6-4-8-24(33)27(18)21)28(36)29(23)37-32(38-30)43-16-20-13-19(35)14-39(20)2/h3-10,19-20,25-26H,1,11-16H2,2H3/t19-,20+,25?,26-/m1/s1. The van der Waals surface area contributed by atoms with Gasteiger partial charge in [0.05, 0.1) is 12.1 Å². The molecule has 3 aliphatic heterocycles. The Balaban J connectivity index is 1.31. The number of alkyl halides is 1. The Hall–Kier alpha value is -3.89. The lowest BCUT2D eigenvalue weighted by Crippen LogP contribution is -2.63. The number of aromatic nitrogens is 2. The van der Waals surface area contributed by atoms with Crippen LogP contribution < -0.4 is 9.64 Å². The summed E-state index contributed by atoms with van der Waals surface area (Å²) >= 11 is 6.57. The van der Waals surface area contributed by atoms with E-state index in [2.05, 4.69) is 11.6 Å². The monoisotopic (exact) mass is 607 g/mol. The number of fused-ring (bicyclic) bond motifs is 3. The lowest BCUT2D eigenvalue weighted by molar-refractivity contribution is -0.130. The number of ether oxygens (including phenoxy) is 1. The number of nitrogens with zero attached hydrogens (tertiary/aromatic N) is 5. The van der Waals surface area contributed by atoms with Gasteiger partial charge in [-0.15, -0.1) is 0 Å². The second-order valence-electron chi connectivity index (χ2n) is 11.5. The third-order valence-electron chi connectivity index (χ3n) is 9.01. The number of rotatable bonds is 6. The van der Waals surface area contributed by atoms with Crippen molar-refractivity contribution in [1.82, 2.24) is 19.8 Å². The van der Waals surface area contributed by atoms with Gasteiger partial charge in [-0.3, -0.25) is 9.69 Å². The van der Waals surface area contributed by atoms with E-state index in [0.717, 1.165) is 10.8 Å². The van der Waals surface area contributed by atoms with Crippen LogP contribution in [0.1, 0.15) is 12.8 Å². The molecule has 3 aliphatic rings. The van der Waals surface area contributed by atoms with Crippen molar-refractivity contribution in [2.24, 2.45) is 0 Å². The summed E-state index contributed by atoms with van der Waals surface area (Å²) < 4.78 is 50.2. The highest BCUT2D eigenvalue weighted by molar-refractivity contribution is 6.36. The molecule has 1 amide bonds. The van der Waals surface area contributed by atoms with E-state index >= 15 is 4.39 Å². The maximum absolute atomic E-state index is 16.6. The number of likely N-dealkylation sites (tertiary alicyclic amines) is 2. The van der Waals surface area contributed by atoms with Crippen LogP contribution in [0.2, 0.25) is 5.02 Å². The second-order valence-corrected chi connectivity index (χ2v) is 11.9. The molecule has 0 bridgehead atoms. The van der Waals surface area contributed by atoms with E-state index in [1.165, 1.54) is 4.90 Å². The molecule has 43 heavy (non-hydrogen) atoms. The van der Waals surface area contributed by atoms with Crippen molar-refractivity contribution in [2.45, 2.75) is 37.1 Å². The summed E-state index contributed by atoms with van der Waals surface area (Å²) in [6.07, 6.45) is -0.00658. The van der Waals surface area contributed by atoms with Gasteiger partial charge in [-0.2, -0.15) is 9.97 Å². The maximum atomic E-state index is 16.6. The maximum Gasteiger partial charge on any atom is 0.319 e. The molecule has 1 aromatic heterocycles. The normalized spacial score (nSPS) is 23.6. The van der Waals surface area contributed by atoms with Crippen LogP contribution in [-0.4, -0.2) is 83.3 Å². The summed E-state index contributed by atoms with van der Waals surface area (Å²) in [5.41, 5.74) is 1.04. The fourth-order valence-corrected chi connectivity index (χ4v) is 7.07. The van der Waals surface area contributed by atoms with E-state index in [1.54, 1.807) is 18.2 Å². The molecule has 222 valence electrons. The molecule has 7 nitrogen and oxygen atoms in total. The number of anilines is 1. The predicted molar refractivity (Wildman–Crippen MR) is 160 cm³/mol. The van der Waals surface area contributed by atoms with Crippen LogP contribution in [0, 0.1) is 5.82 Å². The molecule has 0 N–H and O–H groups in total. The van der Waals surface area contributed by atoms with Gasteiger partial charge in [-0.25, -0.2) is 13.2 Å². The number of carbonyl (C=O) groups is 1. The number of amides is 1. The summed E-state index contributed by atoms with van der Waals surface area (Å²) in [4.78, 5) is 26.9. The third kappa shape index (κ3) is 4.67. The third-order valence-corrected chi connectivity index (χ3v) is 9.33. The Labute approximate surface area is 251 Å². The van der Waals surface area contributed by atoms with Crippen LogP contribution in [0.5, 0.6) is 6.01 Å². The van der Waals surface area contributed by atoms with Gasteiger partial charge in [0.15, 0.2) is 11.6 Å². The van der Waals surface area contributed by atoms with Gasteiger partial charge in [-0.05, 0) is 43.0 Å². The molecule has 4 heterocycles. The predicted octanol–water partition coefficient (Wildman–Crippen LogP) is 5.94. The Bertz CT molecular complexity index is 1780. The molecule has 3 saturated heterocycles. The number of halogens is 4. The first kappa shape index (κ1) is 27.9. The van der Waals surface area contributed by atoms with Crippen molar-refractivity contribution in [3.05, 3.63) is 71.8 Å². The first-order valence-electron chi connectivity index (χ1n) is 14.3. The lowest BCUT2D eigenvalue weighted by Gasteiger charge is -2.47. The average Bonchev–Trinajstić information content (AvgIpc) is 3.48. The van der Waals surface area contributed by atoms with Gasteiger partial charge < -0.3 is 14.5 Å². The van der Waals surface area contributed by atoms with Gasteiger partial charge >= 0.3 is 6.01 Å². The van der Waals surface area contributed by atoms with E-state index in [0.29, 0.717) is 59.8 Å². The number of hydrogen-bond acceptors (Lipinski definition) is 6. The quantitative estimate of drug-likeness (QED) is 0.253. The van der Waals surface area contributed by atoms with Gasteiger partial charge in [-0.1, -0.05) is 54.6 Å². The Morgan fingerprint density at radius 2 is 1.88 bits per heavy atom. The molecule has 0 spiro atoms. The molecule has 3 aromatic carbocycles. The summed E-state index contributed by atoms with van der Waals surface area (Å²) in [5, 5.41) is 2.61. The molecule has 4 aromatic rings. The van der Waals surface area contributed by atoms with E-state index in [-0.39, 0.29) is 36.3 Å². The smallest absolute Gasteiger partial charge is 0.319 e. The van der Waals surface area contributed by atoms with Gasteiger partial charge in [0, 0.05) is 47.0 Å². The van der Waals surface area contributed by atoms with E-state index in [1.807, 2.05) is 47.2 Å². The van der Waals surface area contributed by atoms with E-state index < -0.39 is 23.7 Å². The van der Waals surface area contributed by atoms with Crippen LogP contribution in [0.25, 0.3) is 32.8 Å². The fraction of sp³-hybridized carbons (Fsp3) is 0.344. The zero-order chi connectivity index (χ0) is 30.0. The second kappa shape index (κ2) is 10.7. The van der Waals surface area contributed by atoms with Crippen LogP contribution >= 0.6 is 11.6 Å². The first-order chi connectivity index (χ1) is 20.7. The zero-order valence-electron chi connectivity index (χ0n) is 23.4. The van der Waals surface area contributed by atoms with Crippen LogP contribution in [-0.2, 0) is 4.79 Å². The van der Waals surface area contributed by atoms with E-state index in [4.69, 9.17) is 21.3 Å². The Morgan fingerprint density at radius 1 is 1.09 bits per heavy atom. The molecule has 0 saturated carbocycles. The van der Waals surface area contributed by atoms with Crippen LogP contribution in [0.3, 0.4) is 0 Å². The summed E-state index contributed by atoms with van der Waals surface area (Å²) in [6.45, 7) is 4.41. The van der Waals surface area contributed by atoms with Crippen LogP contribution in [0.4, 0.5) is 19.0 Å². The van der Waals surface area contributed by atoms with Crippen molar-refractivity contribution in [1.29, 1.82) is 0 Å². The highest BCUT2D eigenvalue weighted by Gasteiger charge is 2.50. The van der Waals surface area contributed by atoms with E-state index in [9.17, 15) is 13.6 Å². The SMILES string of the molecule is C=C(F)C(=O)N1CCC2[C@H]1CN2c1nc(OC[C@@H]2C[C@@H](F)CN2C)nc2c(F)c(-c3cccc4cccc(Cl)c34)ccc12. The molecule has 11 heteroatoms. The van der Waals surface area contributed by atoms with Crippen molar-refractivity contribution in [3.8, 4) is 17.1 Å².